The number of rotatable bonds is 2. The van der Waals surface area contributed by atoms with Crippen molar-refractivity contribution in [1.29, 1.82) is 0 Å². The summed E-state index contributed by atoms with van der Waals surface area (Å²) >= 11 is 0. The molecule has 1 heterocycles. The summed E-state index contributed by atoms with van der Waals surface area (Å²) in [7, 11) is 0. The Labute approximate surface area is 84.4 Å². The molecular weight excluding hydrogens is 180 g/mol. The van der Waals surface area contributed by atoms with Gasteiger partial charge in [-0.15, -0.1) is 0 Å². The average molecular weight is 198 g/mol. The van der Waals surface area contributed by atoms with Gasteiger partial charge in [-0.05, 0) is 44.9 Å². The van der Waals surface area contributed by atoms with Gasteiger partial charge in [0.1, 0.15) is 0 Å². The molecular formula is C11H18O3. The Kier molecular flexibility index (Phi) is 1.79. The van der Waals surface area contributed by atoms with Gasteiger partial charge in [0.2, 0.25) is 0 Å². The highest BCUT2D eigenvalue weighted by Gasteiger charge is 2.61. The van der Waals surface area contributed by atoms with Crippen LogP contribution in [0, 0.1) is 5.41 Å². The van der Waals surface area contributed by atoms with E-state index in [4.69, 9.17) is 9.84 Å². The van der Waals surface area contributed by atoms with E-state index >= 15 is 0 Å². The van der Waals surface area contributed by atoms with Crippen LogP contribution in [-0.2, 0) is 9.53 Å². The highest BCUT2D eigenvalue weighted by molar-refractivity contribution is 5.77. The van der Waals surface area contributed by atoms with Gasteiger partial charge in [0.15, 0.2) is 5.60 Å². The van der Waals surface area contributed by atoms with Gasteiger partial charge in [-0.2, -0.15) is 0 Å². The molecule has 1 saturated heterocycles. The van der Waals surface area contributed by atoms with Gasteiger partial charge in [-0.25, -0.2) is 4.79 Å². The summed E-state index contributed by atoms with van der Waals surface area (Å²) in [5.41, 5.74) is -0.958. The molecule has 2 rings (SSSR count). The summed E-state index contributed by atoms with van der Waals surface area (Å²) in [6, 6.07) is 0. The molecule has 0 aromatic rings. The number of hydrogen-bond donors (Lipinski definition) is 1. The summed E-state index contributed by atoms with van der Waals surface area (Å²) in [5.74, 6) is -0.828. The fraction of sp³-hybridized carbons (Fsp3) is 0.909. The maximum absolute atomic E-state index is 11.0. The van der Waals surface area contributed by atoms with E-state index in [2.05, 4.69) is 13.8 Å². The van der Waals surface area contributed by atoms with E-state index in [1.165, 1.54) is 12.8 Å². The van der Waals surface area contributed by atoms with Crippen molar-refractivity contribution < 1.29 is 14.6 Å². The highest BCUT2D eigenvalue weighted by atomic mass is 16.6. The zero-order chi connectivity index (χ0) is 10.6. The molecule has 2 unspecified atom stereocenters. The molecule has 1 saturated carbocycles. The second-order valence-corrected chi connectivity index (χ2v) is 5.43. The standard InChI is InChI=1S/C11H18O3/c1-9(4-5-9)11(3)7-6-10(2,14-11)8(12)13/h4-7H2,1-3H3,(H,12,13). The van der Waals surface area contributed by atoms with Crippen molar-refractivity contribution in [2.45, 2.75) is 57.7 Å². The summed E-state index contributed by atoms with van der Waals surface area (Å²) in [4.78, 5) is 11.0. The normalized spacial score (nSPS) is 45.1. The van der Waals surface area contributed by atoms with Gasteiger partial charge >= 0.3 is 5.97 Å². The Morgan fingerprint density at radius 2 is 1.71 bits per heavy atom. The van der Waals surface area contributed by atoms with E-state index in [1.54, 1.807) is 6.92 Å². The fourth-order valence-corrected chi connectivity index (χ4v) is 2.37. The molecule has 2 aliphatic rings. The van der Waals surface area contributed by atoms with Crippen molar-refractivity contribution in [3.05, 3.63) is 0 Å². The van der Waals surface area contributed by atoms with Crippen molar-refractivity contribution in [1.82, 2.24) is 0 Å². The van der Waals surface area contributed by atoms with Crippen LogP contribution in [0.5, 0.6) is 0 Å². The Morgan fingerprint density at radius 1 is 1.14 bits per heavy atom. The Balaban J connectivity index is 2.18. The van der Waals surface area contributed by atoms with Crippen LogP contribution in [0.25, 0.3) is 0 Å². The third-order valence-electron chi connectivity index (χ3n) is 4.26. The predicted molar refractivity (Wildman–Crippen MR) is 52.1 cm³/mol. The third-order valence-corrected chi connectivity index (χ3v) is 4.26. The molecule has 2 atom stereocenters. The summed E-state index contributed by atoms with van der Waals surface area (Å²) in [6.45, 7) is 5.95. The maximum Gasteiger partial charge on any atom is 0.335 e. The number of aliphatic carboxylic acids is 1. The van der Waals surface area contributed by atoms with Gasteiger partial charge in [0.25, 0.3) is 0 Å². The minimum absolute atomic E-state index is 0.222. The van der Waals surface area contributed by atoms with Crippen LogP contribution in [0.2, 0.25) is 0 Å². The number of carboxylic acid groups (broad SMARTS) is 1. The second kappa shape index (κ2) is 2.51. The minimum Gasteiger partial charge on any atom is -0.479 e. The Bertz CT molecular complexity index is 282. The van der Waals surface area contributed by atoms with Crippen LogP contribution >= 0.6 is 0 Å². The van der Waals surface area contributed by atoms with Gasteiger partial charge in [-0.3, -0.25) is 0 Å². The molecule has 0 radical (unpaired) electrons. The molecule has 1 N–H and O–H groups in total. The van der Waals surface area contributed by atoms with Gasteiger partial charge in [-0.1, -0.05) is 6.92 Å². The van der Waals surface area contributed by atoms with Crippen molar-refractivity contribution in [3.8, 4) is 0 Å². The lowest BCUT2D eigenvalue weighted by molar-refractivity contribution is -0.175. The van der Waals surface area contributed by atoms with Crippen LogP contribution in [0.15, 0.2) is 0 Å². The molecule has 3 nitrogen and oxygen atoms in total. The second-order valence-electron chi connectivity index (χ2n) is 5.43. The quantitative estimate of drug-likeness (QED) is 0.739. The average Bonchev–Trinajstić information content (AvgIpc) is 2.73. The van der Waals surface area contributed by atoms with Crippen molar-refractivity contribution in [2.75, 3.05) is 0 Å². The molecule has 2 fully saturated rings. The smallest absolute Gasteiger partial charge is 0.335 e. The van der Waals surface area contributed by atoms with Crippen LogP contribution in [0.4, 0.5) is 0 Å². The number of carbonyl (C=O) groups is 1. The van der Waals surface area contributed by atoms with Crippen molar-refractivity contribution in [2.24, 2.45) is 5.41 Å². The topological polar surface area (TPSA) is 46.5 Å². The van der Waals surface area contributed by atoms with Crippen molar-refractivity contribution in [3.63, 3.8) is 0 Å². The molecule has 14 heavy (non-hydrogen) atoms. The predicted octanol–water partition coefficient (Wildman–Crippen LogP) is 2.20. The number of carboxylic acids is 1. The Hall–Kier alpha value is -0.570. The minimum atomic E-state index is -0.958. The van der Waals surface area contributed by atoms with Crippen LogP contribution in [-0.4, -0.2) is 22.3 Å². The molecule has 0 aromatic heterocycles. The largest absolute Gasteiger partial charge is 0.479 e. The molecule has 0 aromatic carbocycles. The van der Waals surface area contributed by atoms with E-state index in [1.807, 2.05) is 0 Å². The summed E-state index contributed by atoms with van der Waals surface area (Å²) in [5, 5.41) is 9.07. The fourth-order valence-electron chi connectivity index (χ4n) is 2.37. The monoisotopic (exact) mass is 198 g/mol. The maximum atomic E-state index is 11.0. The Morgan fingerprint density at radius 3 is 2.07 bits per heavy atom. The SMILES string of the molecule is CC1(C(=O)O)CCC(C)(C2(C)CC2)O1. The van der Waals surface area contributed by atoms with Crippen LogP contribution in [0.1, 0.15) is 46.5 Å². The lowest BCUT2D eigenvalue weighted by Gasteiger charge is -2.33. The van der Waals surface area contributed by atoms with Crippen LogP contribution < -0.4 is 0 Å². The van der Waals surface area contributed by atoms with E-state index in [0.717, 1.165) is 6.42 Å². The zero-order valence-corrected chi connectivity index (χ0v) is 9.09. The first-order valence-electron chi connectivity index (χ1n) is 5.25. The molecule has 0 amide bonds. The lowest BCUT2D eigenvalue weighted by Crippen LogP contribution is -2.41. The van der Waals surface area contributed by atoms with E-state index in [0.29, 0.717) is 6.42 Å². The first kappa shape index (κ1) is 9.97. The first-order valence-corrected chi connectivity index (χ1v) is 5.25. The number of ether oxygens (including phenoxy) is 1. The molecule has 0 bridgehead atoms. The zero-order valence-electron chi connectivity index (χ0n) is 9.09. The first-order chi connectivity index (χ1) is 6.31. The van der Waals surface area contributed by atoms with Crippen LogP contribution in [0.3, 0.4) is 0 Å². The number of hydrogen-bond acceptors (Lipinski definition) is 2. The molecule has 3 heteroatoms. The summed E-state index contributed by atoms with van der Waals surface area (Å²) in [6.07, 6.45) is 3.83. The van der Waals surface area contributed by atoms with Gasteiger partial charge in [0, 0.05) is 0 Å². The third kappa shape index (κ3) is 1.18. The molecule has 1 aliphatic carbocycles. The van der Waals surface area contributed by atoms with E-state index in [9.17, 15) is 4.79 Å². The van der Waals surface area contributed by atoms with Gasteiger partial charge in [0.05, 0.1) is 5.60 Å². The van der Waals surface area contributed by atoms with E-state index in [-0.39, 0.29) is 11.0 Å². The summed E-state index contributed by atoms with van der Waals surface area (Å²) < 4.78 is 5.83. The lowest BCUT2D eigenvalue weighted by atomic mass is 9.84. The van der Waals surface area contributed by atoms with Gasteiger partial charge < -0.3 is 9.84 Å². The molecule has 0 spiro atoms. The van der Waals surface area contributed by atoms with E-state index < -0.39 is 11.6 Å². The van der Waals surface area contributed by atoms with Crippen molar-refractivity contribution >= 4 is 5.97 Å². The highest BCUT2D eigenvalue weighted by Crippen LogP contribution is 2.60. The molecule has 80 valence electrons. The molecule has 1 aliphatic heterocycles.